The van der Waals surface area contributed by atoms with Crippen LogP contribution < -0.4 is 10.1 Å². The minimum atomic E-state index is -1.27. The largest absolute Gasteiger partial charge is 0.488 e. The van der Waals surface area contributed by atoms with Crippen molar-refractivity contribution in [3.8, 4) is 16.9 Å². The first-order valence-electron chi connectivity index (χ1n) is 10.4. The Morgan fingerprint density at radius 2 is 1.70 bits per heavy atom. The summed E-state index contributed by atoms with van der Waals surface area (Å²) in [6.07, 6.45) is 0.811. The van der Waals surface area contributed by atoms with Gasteiger partial charge < -0.3 is 19.9 Å². The zero-order chi connectivity index (χ0) is 23.4. The fraction of sp³-hybridized carbons (Fsp3) is 0.154. The first-order valence-corrected chi connectivity index (χ1v) is 11.2. The highest BCUT2D eigenvalue weighted by atomic mass is 79.9. The third kappa shape index (κ3) is 4.78. The number of carboxylic acids is 1. The molecule has 1 amide bonds. The summed E-state index contributed by atoms with van der Waals surface area (Å²) >= 11 is 3.37. The molecule has 0 aliphatic heterocycles. The lowest BCUT2D eigenvalue weighted by Gasteiger charge is -2.18. The molecule has 0 radical (unpaired) electrons. The van der Waals surface area contributed by atoms with Crippen molar-refractivity contribution >= 4 is 28.0 Å². The van der Waals surface area contributed by atoms with Gasteiger partial charge in [-0.05, 0) is 55.9 Å². The Balaban J connectivity index is 1.46. The average molecular weight is 508 g/mol. The standard InChI is InChI=1S/C26H22BrNO5/c1-2-13-32-23-12-11-16(14-22(23)27)24(25(29)30)28-26(31)33-15-21-19-9-5-3-7-17(19)18-8-4-6-10-20(18)21/h2-12,14,21,24H,1,13,15H2,(H,28,31)(H,29,30). The quantitative estimate of drug-likeness (QED) is 0.383. The molecule has 0 fully saturated rings. The van der Waals surface area contributed by atoms with E-state index in [1.807, 2.05) is 36.4 Å². The number of carbonyl (C=O) groups excluding carboxylic acids is 1. The number of ether oxygens (including phenoxy) is 2. The molecule has 3 aromatic carbocycles. The number of fused-ring (bicyclic) bond motifs is 3. The van der Waals surface area contributed by atoms with Crippen molar-refractivity contribution in [3.63, 3.8) is 0 Å². The first kappa shape index (κ1) is 22.6. The number of hydrogen-bond acceptors (Lipinski definition) is 4. The van der Waals surface area contributed by atoms with Crippen LogP contribution in [0.2, 0.25) is 0 Å². The van der Waals surface area contributed by atoms with E-state index in [0.29, 0.717) is 22.4 Å². The number of nitrogens with one attached hydrogen (secondary N) is 1. The van der Waals surface area contributed by atoms with Gasteiger partial charge in [-0.3, -0.25) is 0 Å². The van der Waals surface area contributed by atoms with Gasteiger partial charge in [-0.15, -0.1) is 0 Å². The molecule has 0 spiro atoms. The molecule has 33 heavy (non-hydrogen) atoms. The maximum Gasteiger partial charge on any atom is 0.408 e. The third-order valence-electron chi connectivity index (χ3n) is 5.50. The number of carboxylic acid groups (broad SMARTS) is 1. The number of alkyl carbamates (subject to hydrolysis) is 1. The normalized spacial score (nSPS) is 12.9. The molecule has 7 heteroatoms. The summed E-state index contributed by atoms with van der Waals surface area (Å²) in [5.74, 6) is -0.763. The van der Waals surface area contributed by atoms with E-state index in [-0.39, 0.29) is 12.5 Å². The SMILES string of the molecule is C=CCOc1ccc(C(NC(=O)OCC2c3ccccc3-c3ccccc32)C(=O)O)cc1Br. The van der Waals surface area contributed by atoms with Crippen molar-refractivity contribution in [3.05, 3.63) is 101 Å². The highest BCUT2D eigenvalue weighted by molar-refractivity contribution is 9.10. The highest BCUT2D eigenvalue weighted by Crippen LogP contribution is 2.44. The molecule has 2 N–H and O–H groups in total. The van der Waals surface area contributed by atoms with Crippen molar-refractivity contribution in [2.45, 2.75) is 12.0 Å². The number of benzene rings is 3. The highest BCUT2D eigenvalue weighted by Gasteiger charge is 2.30. The van der Waals surface area contributed by atoms with Gasteiger partial charge in [0.25, 0.3) is 0 Å². The molecular formula is C26H22BrNO5. The summed E-state index contributed by atoms with van der Waals surface area (Å²) < 4.78 is 11.6. The Labute approximate surface area is 200 Å². The van der Waals surface area contributed by atoms with Crippen molar-refractivity contribution < 1.29 is 24.2 Å². The molecule has 3 aromatic rings. The van der Waals surface area contributed by atoms with Crippen molar-refractivity contribution in [2.24, 2.45) is 0 Å². The van der Waals surface area contributed by atoms with Gasteiger partial charge in [-0.2, -0.15) is 0 Å². The van der Waals surface area contributed by atoms with Crippen molar-refractivity contribution in [1.29, 1.82) is 0 Å². The zero-order valence-corrected chi connectivity index (χ0v) is 19.2. The summed E-state index contributed by atoms with van der Waals surface area (Å²) in [6.45, 7) is 4.02. The maximum atomic E-state index is 12.6. The minimum Gasteiger partial charge on any atom is -0.488 e. The average Bonchev–Trinajstić information content (AvgIpc) is 3.14. The topological polar surface area (TPSA) is 84.9 Å². The van der Waals surface area contributed by atoms with E-state index < -0.39 is 18.1 Å². The first-order chi connectivity index (χ1) is 16.0. The summed E-state index contributed by atoms with van der Waals surface area (Å²) in [5.41, 5.74) is 4.79. The fourth-order valence-electron chi connectivity index (χ4n) is 4.01. The predicted molar refractivity (Wildman–Crippen MR) is 128 cm³/mol. The van der Waals surface area contributed by atoms with Crippen LogP contribution in [0.5, 0.6) is 5.75 Å². The van der Waals surface area contributed by atoms with E-state index in [0.717, 1.165) is 22.3 Å². The molecule has 1 unspecified atom stereocenters. The van der Waals surface area contributed by atoms with Crippen LogP contribution in [-0.2, 0) is 9.53 Å². The molecule has 1 aliphatic carbocycles. The Morgan fingerprint density at radius 1 is 1.06 bits per heavy atom. The van der Waals surface area contributed by atoms with Crippen LogP contribution in [0.1, 0.15) is 28.7 Å². The van der Waals surface area contributed by atoms with Crippen LogP contribution in [0, 0.1) is 0 Å². The molecule has 168 valence electrons. The molecule has 1 aliphatic rings. The van der Waals surface area contributed by atoms with Gasteiger partial charge in [0, 0.05) is 5.92 Å². The Bertz CT molecular complexity index is 1160. The number of rotatable bonds is 8. The van der Waals surface area contributed by atoms with E-state index in [1.54, 1.807) is 24.3 Å². The second-order valence-electron chi connectivity index (χ2n) is 7.53. The van der Waals surface area contributed by atoms with Gasteiger partial charge in [0.1, 0.15) is 19.0 Å². The summed E-state index contributed by atoms with van der Waals surface area (Å²) in [4.78, 5) is 24.4. The van der Waals surface area contributed by atoms with E-state index in [4.69, 9.17) is 9.47 Å². The molecular weight excluding hydrogens is 486 g/mol. The van der Waals surface area contributed by atoms with E-state index in [1.165, 1.54) is 0 Å². The Hall–Kier alpha value is -3.58. The number of aliphatic carboxylic acids is 1. The number of hydrogen-bond donors (Lipinski definition) is 2. The van der Waals surface area contributed by atoms with Gasteiger partial charge in [0.15, 0.2) is 6.04 Å². The van der Waals surface area contributed by atoms with Crippen molar-refractivity contribution in [2.75, 3.05) is 13.2 Å². The zero-order valence-electron chi connectivity index (χ0n) is 17.7. The van der Waals surface area contributed by atoms with Crippen LogP contribution in [0.3, 0.4) is 0 Å². The second kappa shape index (κ2) is 9.92. The summed E-state index contributed by atoms with van der Waals surface area (Å²) in [6, 6.07) is 19.6. The third-order valence-corrected chi connectivity index (χ3v) is 6.12. The molecule has 0 aromatic heterocycles. The smallest absolute Gasteiger partial charge is 0.408 e. The molecule has 0 bridgehead atoms. The van der Waals surface area contributed by atoms with Crippen LogP contribution in [0.25, 0.3) is 11.1 Å². The number of halogens is 1. The van der Waals surface area contributed by atoms with Gasteiger partial charge in [0.05, 0.1) is 4.47 Å². The van der Waals surface area contributed by atoms with E-state index >= 15 is 0 Å². The fourth-order valence-corrected chi connectivity index (χ4v) is 4.52. The molecule has 4 rings (SSSR count). The summed E-state index contributed by atoms with van der Waals surface area (Å²) in [7, 11) is 0. The molecule has 0 saturated carbocycles. The van der Waals surface area contributed by atoms with Crippen LogP contribution in [-0.4, -0.2) is 30.4 Å². The molecule has 1 atom stereocenters. The number of carbonyl (C=O) groups is 2. The lowest BCUT2D eigenvalue weighted by molar-refractivity contribution is -0.139. The second-order valence-corrected chi connectivity index (χ2v) is 8.39. The van der Waals surface area contributed by atoms with Gasteiger partial charge >= 0.3 is 12.1 Å². The molecule has 0 heterocycles. The van der Waals surface area contributed by atoms with E-state index in [9.17, 15) is 14.7 Å². The molecule has 6 nitrogen and oxygen atoms in total. The van der Waals surface area contributed by atoms with E-state index in [2.05, 4.69) is 40.0 Å². The van der Waals surface area contributed by atoms with Crippen LogP contribution >= 0.6 is 15.9 Å². The lowest BCUT2D eigenvalue weighted by Crippen LogP contribution is -2.34. The monoisotopic (exact) mass is 507 g/mol. The van der Waals surface area contributed by atoms with Gasteiger partial charge in [-0.1, -0.05) is 67.3 Å². The van der Waals surface area contributed by atoms with Crippen molar-refractivity contribution in [1.82, 2.24) is 5.32 Å². The van der Waals surface area contributed by atoms with Gasteiger partial charge in [-0.25, -0.2) is 9.59 Å². The predicted octanol–water partition coefficient (Wildman–Crippen LogP) is 5.68. The number of amides is 1. The van der Waals surface area contributed by atoms with Crippen LogP contribution in [0.15, 0.2) is 83.9 Å². The van der Waals surface area contributed by atoms with Crippen LogP contribution in [0.4, 0.5) is 4.79 Å². The minimum absolute atomic E-state index is 0.101. The Kier molecular flexibility index (Phi) is 6.79. The Morgan fingerprint density at radius 3 is 2.27 bits per heavy atom. The molecule has 0 saturated heterocycles. The summed E-state index contributed by atoms with van der Waals surface area (Å²) in [5, 5.41) is 12.1. The lowest BCUT2D eigenvalue weighted by atomic mass is 9.98. The maximum absolute atomic E-state index is 12.6. The van der Waals surface area contributed by atoms with Gasteiger partial charge in [0.2, 0.25) is 0 Å².